The lowest BCUT2D eigenvalue weighted by atomic mass is 10.1. The fourth-order valence-electron chi connectivity index (χ4n) is 2.72. The van der Waals surface area contributed by atoms with Crippen molar-refractivity contribution in [2.75, 3.05) is 0 Å². The van der Waals surface area contributed by atoms with Gasteiger partial charge in [0, 0.05) is 16.1 Å². The van der Waals surface area contributed by atoms with Gasteiger partial charge in [0.1, 0.15) is 0 Å². The molecular weight excluding hydrogens is 437 g/mol. The summed E-state index contributed by atoms with van der Waals surface area (Å²) in [6, 6.07) is 10.9. The minimum atomic E-state index is -5.18. The smallest absolute Gasteiger partial charge is 0.0930 e. The molecule has 0 saturated heterocycles. The van der Waals surface area contributed by atoms with Gasteiger partial charge in [-0.2, -0.15) is 0 Å². The summed E-state index contributed by atoms with van der Waals surface area (Å²) in [4.78, 5) is 31.1. The molecule has 3 rings (SSSR count). The van der Waals surface area contributed by atoms with Crippen molar-refractivity contribution < 1.29 is 24.6 Å². The number of nitrogens with one attached hydrogen (secondary N) is 1. The highest BCUT2D eigenvalue weighted by Gasteiger charge is 2.22. The third-order valence-electron chi connectivity index (χ3n) is 4.05. The fourth-order valence-corrected chi connectivity index (χ4v) is 3.94. The first-order valence-corrected chi connectivity index (χ1v) is 10.2. The van der Waals surface area contributed by atoms with E-state index in [9.17, 15) is 24.6 Å². The Hall–Kier alpha value is -2.03. The average Bonchev–Trinajstić information content (AvgIpc) is 2.60. The van der Waals surface area contributed by atoms with Gasteiger partial charge < -0.3 is 24.6 Å². The van der Waals surface area contributed by atoms with Gasteiger partial charge in [0.15, 0.2) is 0 Å². The lowest BCUT2D eigenvalue weighted by Crippen LogP contribution is -2.33. The minimum Gasteiger partial charge on any atom is -0.858 e. The number of benzene rings is 2. The molecule has 0 aliphatic heterocycles. The van der Waals surface area contributed by atoms with Crippen LogP contribution in [0.3, 0.4) is 0 Å². The maximum absolute atomic E-state index is 12.0. The average molecular weight is 450 g/mol. The zero-order valence-electron chi connectivity index (χ0n) is 14.0. The number of rotatable bonds is 5. The highest BCUT2D eigenvalue weighted by Crippen LogP contribution is 2.45. The van der Waals surface area contributed by atoms with Crippen molar-refractivity contribution in [2.45, 2.75) is 18.7 Å². The Bertz CT molecular complexity index is 1030. The number of aromatic nitrogens is 2. The van der Waals surface area contributed by atoms with Crippen LogP contribution in [0.4, 0.5) is 0 Å². The predicted octanol–water partition coefficient (Wildman–Crippen LogP) is 0.803. The van der Waals surface area contributed by atoms with Crippen LogP contribution >= 0.6 is 23.5 Å². The molecule has 3 aromatic rings. The maximum atomic E-state index is 12.0. The van der Waals surface area contributed by atoms with Gasteiger partial charge in [0.25, 0.3) is 0 Å². The molecule has 0 radical (unpaired) electrons. The van der Waals surface area contributed by atoms with Crippen LogP contribution in [-0.2, 0) is 4.57 Å². The Morgan fingerprint density at radius 1 is 1.04 bits per heavy atom. The van der Waals surface area contributed by atoms with Crippen molar-refractivity contribution in [3.05, 3.63) is 58.1 Å². The zero-order valence-corrected chi connectivity index (χ0v) is 16.4. The molecule has 1 heterocycles. The van der Waals surface area contributed by atoms with Crippen molar-refractivity contribution in [1.82, 2.24) is 15.3 Å². The molecule has 1 aromatic heterocycles. The van der Waals surface area contributed by atoms with E-state index in [-0.39, 0.29) is 16.6 Å². The van der Waals surface area contributed by atoms with Crippen molar-refractivity contribution in [1.29, 1.82) is 0 Å². The highest BCUT2D eigenvalue weighted by molar-refractivity contribution is 9.10. The van der Waals surface area contributed by atoms with Crippen LogP contribution in [0.5, 0.6) is 11.8 Å². The zero-order chi connectivity index (χ0) is 19.8. The van der Waals surface area contributed by atoms with Crippen LogP contribution in [0.25, 0.3) is 11.0 Å². The number of hydrogen-bond donors (Lipinski definition) is 1. The highest BCUT2D eigenvalue weighted by atomic mass is 79.9. The minimum absolute atomic E-state index is 0.0191. The van der Waals surface area contributed by atoms with E-state index in [1.54, 1.807) is 31.2 Å². The summed E-state index contributed by atoms with van der Waals surface area (Å²) in [7, 11) is -5.18. The summed E-state index contributed by atoms with van der Waals surface area (Å²) in [5.41, 5.74) is 0.701. The van der Waals surface area contributed by atoms with Crippen LogP contribution in [0.1, 0.15) is 29.9 Å². The van der Waals surface area contributed by atoms with E-state index in [0.717, 1.165) is 10.0 Å². The molecule has 0 fully saturated rings. The first kappa shape index (κ1) is 19.7. The molecule has 0 bridgehead atoms. The van der Waals surface area contributed by atoms with Gasteiger partial charge in [0.2, 0.25) is 0 Å². The second-order valence-electron chi connectivity index (χ2n) is 5.93. The van der Waals surface area contributed by atoms with Gasteiger partial charge in [-0.05, 0) is 50.0 Å². The van der Waals surface area contributed by atoms with E-state index in [0.29, 0.717) is 0 Å². The van der Waals surface area contributed by atoms with E-state index in [4.69, 9.17) is 0 Å². The summed E-state index contributed by atoms with van der Waals surface area (Å²) in [6.45, 7) is 1.71. The summed E-state index contributed by atoms with van der Waals surface area (Å²) in [6.07, 6.45) is 0. The number of para-hydroxylation sites is 1. The van der Waals surface area contributed by atoms with Crippen LogP contribution in [0.2, 0.25) is 0 Å². The second kappa shape index (κ2) is 7.53. The monoisotopic (exact) mass is 449 g/mol. The number of fused-ring (bicyclic) bond motifs is 1. The van der Waals surface area contributed by atoms with Crippen LogP contribution in [0, 0.1) is 0 Å². The van der Waals surface area contributed by atoms with Gasteiger partial charge in [0.05, 0.1) is 16.8 Å². The van der Waals surface area contributed by atoms with Gasteiger partial charge in [-0.3, -0.25) is 15.3 Å². The molecule has 8 nitrogen and oxygen atoms in total. The molecule has 0 aliphatic rings. The van der Waals surface area contributed by atoms with E-state index in [2.05, 4.69) is 31.2 Å². The van der Waals surface area contributed by atoms with Crippen LogP contribution in [-0.4, -0.2) is 9.97 Å². The molecule has 10 heteroatoms. The van der Waals surface area contributed by atoms with Gasteiger partial charge >= 0.3 is 0 Å². The number of halogens is 1. The largest absolute Gasteiger partial charge is 0.858 e. The molecule has 1 unspecified atom stereocenters. The Kier molecular flexibility index (Phi) is 5.50. The molecule has 0 saturated carbocycles. The lowest BCUT2D eigenvalue weighted by Gasteiger charge is -2.41. The molecule has 0 aliphatic carbocycles. The van der Waals surface area contributed by atoms with Crippen molar-refractivity contribution in [3.8, 4) is 11.8 Å². The Balaban J connectivity index is 2.06. The quantitative estimate of drug-likeness (QED) is 0.562. The first-order chi connectivity index (χ1) is 12.7. The van der Waals surface area contributed by atoms with Gasteiger partial charge in [-0.25, -0.2) is 0 Å². The summed E-state index contributed by atoms with van der Waals surface area (Å²) >= 11 is 3.32. The molecule has 0 spiro atoms. The standard InChI is InChI=1S/C17H17BrN3O5P/c1-9(10-5-7-11(18)8-6-10)19-17(27(24,25)26)12-3-2-4-13-14(12)21-16(23)15(22)20-13/h2-9,17,19H,1H3,(H,20,22)(H,21,23)(H2,24,25,26)/p-4/t9-,17?/m0/s1. The van der Waals surface area contributed by atoms with Gasteiger partial charge in [-0.15, -0.1) is 0 Å². The predicted molar refractivity (Wildman–Crippen MR) is 94.5 cm³/mol. The molecule has 1 N–H and O–H groups in total. The molecule has 2 atom stereocenters. The van der Waals surface area contributed by atoms with Crippen LogP contribution in [0.15, 0.2) is 46.9 Å². The maximum Gasteiger partial charge on any atom is 0.0930 e. The SMILES string of the molecule is C[C@H](NC(c1cccc2nc([O-])c([O-])nc12)P(=O)([O-])[O-])c1ccc(Br)cc1. The molecule has 142 valence electrons. The molecule has 2 aromatic carbocycles. The summed E-state index contributed by atoms with van der Waals surface area (Å²) < 4.78 is 12.8. The molecular formula is C17H13BrN3O5P-4. The first-order valence-electron chi connectivity index (χ1n) is 7.85. The van der Waals surface area contributed by atoms with Crippen molar-refractivity contribution in [2.24, 2.45) is 0 Å². The number of hydrogen-bond acceptors (Lipinski definition) is 8. The lowest BCUT2D eigenvalue weighted by molar-refractivity contribution is -0.325. The normalized spacial score (nSPS) is 14.2. The van der Waals surface area contributed by atoms with Gasteiger partial charge in [-0.1, -0.05) is 40.2 Å². The molecule has 0 amide bonds. The van der Waals surface area contributed by atoms with E-state index in [1.807, 2.05) is 0 Å². The summed E-state index contributed by atoms with van der Waals surface area (Å²) in [5, 5.41) is 25.8. The van der Waals surface area contributed by atoms with E-state index in [1.165, 1.54) is 18.2 Å². The van der Waals surface area contributed by atoms with Crippen LogP contribution < -0.4 is 25.3 Å². The molecule has 27 heavy (non-hydrogen) atoms. The third kappa shape index (κ3) is 4.28. The topological polar surface area (TPSA) is 147 Å². The Morgan fingerprint density at radius 3 is 2.30 bits per heavy atom. The fraction of sp³-hybridized carbons (Fsp3) is 0.176. The third-order valence-corrected chi connectivity index (χ3v) is 5.64. The Morgan fingerprint density at radius 2 is 1.67 bits per heavy atom. The van der Waals surface area contributed by atoms with E-state index >= 15 is 0 Å². The Labute approximate surface area is 163 Å². The van der Waals surface area contributed by atoms with Crippen molar-refractivity contribution >= 4 is 34.6 Å². The summed E-state index contributed by atoms with van der Waals surface area (Å²) in [5.74, 6) is -3.80. The number of nitrogens with zero attached hydrogens (tertiary/aromatic N) is 2. The second-order valence-corrected chi connectivity index (χ2v) is 8.44. The van der Waals surface area contributed by atoms with Crippen molar-refractivity contribution in [3.63, 3.8) is 0 Å². The van der Waals surface area contributed by atoms with E-state index < -0.39 is 31.2 Å².